The van der Waals surface area contributed by atoms with Crippen LogP contribution in [0.2, 0.25) is 0 Å². The zero-order valence-electron chi connectivity index (χ0n) is 8.52. The Bertz CT molecular complexity index is 355. The van der Waals surface area contributed by atoms with Gasteiger partial charge in [0.2, 0.25) is 6.10 Å². The van der Waals surface area contributed by atoms with E-state index in [-0.39, 0.29) is 0 Å². The summed E-state index contributed by atoms with van der Waals surface area (Å²) >= 11 is 0. The highest BCUT2D eigenvalue weighted by Gasteiger charge is 2.77. The van der Waals surface area contributed by atoms with Crippen molar-refractivity contribution in [3.05, 3.63) is 0 Å². The number of hydrogen-bond donors (Lipinski definition) is 6. The molecule has 0 saturated heterocycles. The van der Waals surface area contributed by atoms with E-state index in [1.54, 1.807) is 0 Å². The van der Waals surface area contributed by atoms with E-state index in [1.807, 2.05) is 0 Å². The third-order valence-electron chi connectivity index (χ3n) is 2.91. The van der Waals surface area contributed by atoms with Gasteiger partial charge in [0.25, 0.3) is 0 Å². The monoisotopic (exact) mass is 304 g/mol. The van der Waals surface area contributed by atoms with Gasteiger partial charge >= 0.3 is 26.7 Å². The SMILES string of the molecule is O=[P+]([O-])[C@@]1(O)C(O)[C@@](O)([P+](=O)[O-])[C@H](O)C(O)[C@H]1O. The lowest BCUT2D eigenvalue weighted by molar-refractivity contribution is -0.284. The molecule has 1 aliphatic rings. The van der Waals surface area contributed by atoms with Crippen LogP contribution in [-0.2, 0) is 9.13 Å². The molecule has 1 rings (SSSR count). The molecule has 4 unspecified atom stereocenters. The van der Waals surface area contributed by atoms with E-state index in [9.17, 15) is 49.6 Å². The van der Waals surface area contributed by atoms with Crippen LogP contribution < -0.4 is 9.79 Å². The Morgan fingerprint density at radius 1 is 0.833 bits per heavy atom. The van der Waals surface area contributed by atoms with Gasteiger partial charge in [-0.1, -0.05) is 9.13 Å². The van der Waals surface area contributed by atoms with E-state index in [2.05, 4.69) is 0 Å². The number of rotatable bonds is 2. The van der Waals surface area contributed by atoms with Crippen LogP contribution >= 0.6 is 16.1 Å². The summed E-state index contributed by atoms with van der Waals surface area (Å²) in [5, 5.41) is 49.4. The van der Waals surface area contributed by atoms with E-state index >= 15 is 0 Å². The average molecular weight is 304 g/mol. The van der Waals surface area contributed by atoms with Crippen molar-refractivity contribution >= 4 is 16.1 Å². The highest BCUT2D eigenvalue weighted by Crippen LogP contribution is 2.52. The summed E-state index contributed by atoms with van der Waals surface area (Å²) in [4.78, 5) is 21.7. The van der Waals surface area contributed by atoms with Gasteiger partial charge in [-0.05, 0) is 0 Å². The molecule has 0 aromatic heterocycles. The van der Waals surface area contributed by atoms with Gasteiger partial charge in [-0.3, -0.25) is 0 Å². The van der Waals surface area contributed by atoms with Crippen molar-refractivity contribution in [2.75, 3.05) is 0 Å². The van der Waals surface area contributed by atoms with Gasteiger partial charge in [-0.15, -0.1) is 0 Å². The van der Waals surface area contributed by atoms with Gasteiger partial charge in [-0.25, -0.2) is 0 Å². The maximum atomic E-state index is 10.8. The molecule has 12 heteroatoms. The van der Waals surface area contributed by atoms with E-state index in [4.69, 9.17) is 0 Å². The second kappa shape index (κ2) is 4.77. The maximum Gasteiger partial charge on any atom is 0.350 e. The Morgan fingerprint density at radius 2 is 1.11 bits per heavy atom. The molecule has 1 aliphatic carbocycles. The van der Waals surface area contributed by atoms with Gasteiger partial charge in [0.05, 0.1) is 0 Å². The number of aliphatic hydroxyl groups is 6. The highest BCUT2D eigenvalue weighted by molar-refractivity contribution is 7.39. The molecule has 1 fully saturated rings. The summed E-state index contributed by atoms with van der Waals surface area (Å²) in [6.45, 7) is 0. The fourth-order valence-corrected chi connectivity index (χ4v) is 3.36. The van der Waals surface area contributed by atoms with E-state index < -0.39 is 51.2 Å². The Morgan fingerprint density at radius 3 is 1.33 bits per heavy atom. The Hall–Kier alpha value is -0.120. The molecule has 0 aromatic carbocycles. The standard InChI is InChI=1S/C6H10O10P2/c7-1-2(8)5(11,17(13)14)4(10)6(12,3(1)9)18(15)16/h1-4,7-12H/t1?,2-,3-,4?,5-,6+/m1/s1. The lowest BCUT2D eigenvalue weighted by Crippen LogP contribution is -2.74. The molecular formula is C6H10O10P2. The molecule has 6 N–H and O–H groups in total. The summed E-state index contributed by atoms with van der Waals surface area (Å²) in [7, 11) is -8.10. The molecular weight excluding hydrogens is 294 g/mol. The predicted molar refractivity (Wildman–Crippen MR) is 49.1 cm³/mol. The van der Waals surface area contributed by atoms with E-state index in [0.717, 1.165) is 0 Å². The van der Waals surface area contributed by atoms with Crippen LogP contribution in [0.4, 0.5) is 0 Å². The predicted octanol–water partition coefficient (Wildman–Crippen LogP) is -4.97. The van der Waals surface area contributed by atoms with Crippen LogP contribution in [0.5, 0.6) is 0 Å². The third-order valence-corrected chi connectivity index (χ3v) is 5.10. The molecule has 0 spiro atoms. The van der Waals surface area contributed by atoms with Gasteiger partial charge < -0.3 is 40.4 Å². The van der Waals surface area contributed by atoms with E-state index in [1.165, 1.54) is 0 Å². The minimum Gasteiger partial charge on any atom is -0.593 e. The Labute approximate surface area is 101 Å². The molecule has 0 aliphatic heterocycles. The quantitative estimate of drug-likeness (QED) is 0.268. The van der Waals surface area contributed by atoms with Crippen molar-refractivity contribution in [3.8, 4) is 0 Å². The molecule has 0 heterocycles. The summed E-state index contributed by atoms with van der Waals surface area (Å²) < 4.78 is 21.7. The van der Waals surface area contributed by atoms with Gasteiger partial charge in [0.15, 0.2) is 12.2 Å². The first kappa shape index (κ1) is 15.9. The minimum atomic E-state index is -4.05. The summed E-state index contributed by atoms with van der Waals surface area (Å²) in [6, 6.07) is 0. The van der Waals surface area contributed by atoms with Crippen molar-refractivity contribution < 1.29 is 49.6 Å². The summed E-state index contributed by atoms with van der Waals surface area (Å²) in [6.07, 6.45) is -10.7. The van der Waals surface area contributed by atoms with Crippen molar-refractivity contribution in [2.45, 2.75) is 35.1 Å². The van der Waals surface area contributed by atoms with Crippen LogP contribution in [0.15, 0.2) is 0 Å². The first-order chi connectivity index (χ1) is 8.02. The average Bonchev–Trinajstić information content (AvgIpc) is 2.30. The molecule has 18 heavy (non-hydrogen) atoms. The zero-order valence-corrected chi connectivity index (χ0v) is 10.3. The molecule has 104 valence electrons. The normalized spacial score (nSPS) is 50.9. The van der Waals surface area contributed by atoms with Crippen molar-refractivity contribution in [3.63, 3.8) is 0 Å². The largest absolute Gasteiger partial charge is 0.593 e. The van der Waals surface area contributed by atoms with E-state index in [0.29, 0.717) is 0 Å². The van der Waals surface area contributed by atoms with Gasteiger partial charge in [0.1, 0.15) is 6.10 Å². The summed E-state index contributed by atoms with van der Waals surface area (Å²) in [5.41, 5.74) is 0. The van der Waals surface area contributed by atoms with Crippen LogP contribution in [-0.4, -0.2) is 65.7 Å². The van der Waals surface area contributed by atoms with Crippen LogP contribution in [0, 0.1) is 0 Å². The van der Waals surface area contributed by atoms with Crippen molar-refractivity contribution in [1.29, 1.82) is 0 Å². The second-order valence-corrected chi connectivity index (χ2v) is 6.32. The van der Waals surface area contributed by atoms with Crippen molar-refractivity contribution in [2.24, 2.45) is 0 Å². The van der Waals surface area contributed by atoms with Gasteiger partial charge in [0, 0.05) is 0 Å². The third kappa shape index (κ3) is 1.83. The van der Waals surface area contributed by atoms with Crippen molar-refractivity contribution in [1.82, 2.24) is 0 Å². The lowest BCUT2D eigenvalue weighted by Gasteiger charge is -2.44. The van der Waals surface area contributed by atoms with Crippen LogP contribution in [0.1, 0.15) is 0 Å². The lowest BCUT2D eigenvalue weighted by atomic mass is 9.83. The first-order valence-corrected chi connectivity index (χ1v) is 6.83. The molecule has 8 atom stereocenters. The fourth-order valence-electron chi connectivity index (χ4n) is 1.73. The molecule has 0 radical (unpaired) electrons. The fraction of sp³-hybridized carbons (Fsp3) is 1.00. The molecule has 0 aromatic rings. The Balaban J connectivity index is 3.43. The maximum absolute atomic E-state index is 10.8. The van der Waals surface area contributed by atoms with Crippen LogP contribution in [0.25, 0.3) is 0 Å². The number of hydrogen-bond acceptors (Lipinski definition) is 10. The molecule has 0 amide bonds. The van der Waals surface area contributed by atoms with Gasteiger partial charge in [-0.2, -0.15) is 0 Å². The summed E-state index contributed by atoms with van der Waals surface area (Å²) in [5.74, 6) is 0. The topological polar surface area (TPSA) is 202 Å². The molecule has 10 nitrogen and oxygen atoms in total. The smallest absolute Gasteiger partial charge is 0.350 e. The zero-order chi connectivity index (χ0) is 14.5. The second-order valence-electron chi connectivity index (χ2n) is 3.86. The number of aliphatic hydroxyl groups excluding tert-OH is 4. The first-order valence-electron chi connectivity index (χ1n) is 4.48. The van der Waals surface area contributed by atoms with Crippen LogP contribution in [0.3, 0.4) is 0 Å². The molecule has 0 bridgehead atoms. The minimum absolute atomic E-state index is 2.50. The Kier molecular flexibility index (Phi) is 4.22. The highest BCUT2D eigenvalue weighted by atomic mass is 31.1. The molecule has 1 saturated carbocycles.